The number of aromatic amines is 1. The number of pyridine rings is 1. The Hall–Kier alpha value is -1.58. The van der Waals surface area contributed by atoms with Gasteiger partial charge in [0.15, 0.2) is 5.43 Å². The first-order valence-corrected chi connectivity index (χ1v) is 4.81. The molecule has 1 rings (SSSR count). The molecule has 0 aliphatic carbocycles. The molecule has 1 aromatic rings. The Morgan fingerprint density at radius 1 is 1.40 bits per heavy atom. The number of H-pyrrole nitrogens is 1. The maximum absolute atomic E-state index is 11.6. The number of amides is 1. The summed E-state index contributed by atoms with van der Waals surface area (Å²) in [6, 6.07) is 1.48. The molecule has 0 saturated heterocycles. The zero-order valence-corrected chi connectivity index (χ0v) is 9.47. The first kappa shape index (κ1) is 11.5. The summed E-state index contributed by atoms with van der Waals surface area (Å²) in [5, 5.41) is 2.42. The fraction of sp³-hybridized carbons (Fsp3) is 0.455. The van der Waals surface area contributed by atoms with Crippen molar-refractivity contribution in [2.75, 3.05) is 7.05 Å². The van der Waals surface area contributed by atoms with E-state index in [1.54, 1.807) is 0 Å². The van der Waals surface area contributed by atoms with Crippen molar-refractivity contribution in [3.8, 4) is 0 Å². The molecule has 0 aromatic carbocycles. The SMILES string of the molecule is CNC(=O)c1c[nH]c(C(C)(C)C)cc1=O. The minimum atomic E-state index is -0.364. The van der Waals surface area contributed by atoms with Crippen LogP contribution in [-0.4, -0.2) is 17.9 Å². The summed E-state index contributed by atoms with van der Waals surface area (Å²) < 4.78 is 0. The van der Waals surface area contributed by atoms with Gasteiger partial charge in [-0.1, -0.05) is 20.8 Å². The first-order chi connectivity index (χ1) is 6.86. The molecular weight excluding hydrogens is 192 g/mol. The third-order valence-corrected chi connectivity index (χ3v) is 2.19. The molecule has 82 valence electrons. The summed E-state index contributed by atoms with van der Waals surface area (Å²) in [5.74, 6) is -0.364. The van der Waals surface area contributed by atoms with E-state index < -0.39 is 0 Å². The monoisotopic (exact) mass is 208 g/mol. The minimum absolute atomic E-state index is 0.125. The molecule has 1 aromatic heterocycles. The highest BCUT2D eigenvalue weighted by atomic mass is 16.2. The normalized spacial score (nSPS) is 11.2. The van der Waals surface area contributed by atoms with Crippen LogP contribution in [0.2, 0.25) is 0 Å². The fourth-order valence-electron chi connectivity index (χ4n) is 1.22. The van der Waals surface area contributed by atoms with Gasteiger partial charge in [-0.2, -0.15) is 0 Å². The number of aromatic nitrogens is 1. The lowest BCUT2D eigenvalue weighted by Gasteiger charge is -2.18. The molecule has 1 amide bonds. The Morgan fingerprint density at radius 2 is 2.00 bits per heavy atom. The van der Waals surface area contributed by atoms with E-state index in [0.717, 1.165) is 5.69 Å². The Morgan fingerprint density at radius 3 is 2.40 bits per heavy atom. The molecule has 0 atom stereocenters. The van der Waals surface area contributed by atoms with E-state index in [1.807, 2.05) is 20.8 Å². The summed E-state index contributed by atoms with van der Waals surface area (Å²) >= 11 is 0. The quantitative estimate of drug-likeness (QED) is 0.724. The van der Waals surface area contributed by atoms with Crippen LogP contribution in [0.1, 0.15) is 36.8 Å². The Kier molecular flexibility index (Phi) is 2.98. The van der Waals surface area contributed by atoms with Gasteiger partial charge in [0.05, 0.1) is 0 Å². The van der Waals surface area contributed by atoms with Crippen LogP contribution in [0.5, 0.6) is 0 Å². The molecule has 2 N–H and O–H groups in total. The molecule has 0 saturated carbocycles. The number of carbonyl (C=O) groups is 1. The fourth-order valence-corrected chi connectivity index (χ4v) is 1.22. The summed E-state index contributed by atoms with van der Waals surface area (Å²) in [7, 11) is 1.50. The maximum atomic E-state index is 11.6. The number of rotatable bonds is 1. The van der Waals surface area contributed by atoms with Gasteiger partial charge in [0.1, 0.15) is 5.56 Å². The number of nitrogens with one attached hydrogen (secondary N) is 2. The predicted octanol–water partition coefficient (Wildman–Crippen LogP) is 1.03. The van der Waals surface area contributed by atoms with Crippen LogP contribution in [0.25, 0.3) is 0 Å². The van der Waals surface area contributed by atoms with Gasteiger partial charge in [-0.15, -0.1) is 0 Å². The van der Waals surface area contributed by atoms with Gasteiger partial charge in [0.2, 0.25) is 0 Å². The second kappa shape index (κ2) is 3.88. The smallest absolute Gasteiger partial charge is 0.256 e. The first-order valence-electron chi connectivity index (χ1n) is 4.81. The summed E-state index contributed by atoms with van der Waals surface area (Å²) in [6.07, 6.45) is 1.46. The van der Waals surface area contributed by atoms with Crippen LogP contribution >= 0.6 is 0 Å². The highest BCUT2D eigenvalue weighted by Crippen LogP contribution is 2.17. The average Bonchev–Trinajstić information content (AvgIpc) is 2.15. The summed E-state index contributed by atoms with van der Waals surface area (Å²) in [6.45, 7) is 5.99. The molecule has 1 heterocycles. The minimum Gasteiger partial charge on any atom is -0.364 e. The topological polar surface area (TPSA) is 62.0 Å². The van der Waals surface area contributed by atoms with Gasteiger partial charge in [-0.05, 0) is 0 Å². The average molecular weight is 208 g/mol. The van der Waals surface area contributed by atoms with Crippen molar-refractivity contribution < 1.29 is 4.79 Å². The van der Waals surface area contributed by atoms with Crippen molar-refractivity contribution in [2.45, 2.75) is 26.2 Å². The highest BCUT2D eigenvalue weighted by Gasteiger charge is 2.17. The van der Waals surface area contributed by atoms with Gasteiger partial charge >= 0.3 is 0 Å². The van der Waals surface area contributed by atoms with Crippen LogP contribution in [0.3, 0.4) is 0 Å². The Balaban J connectivity index is 3.21. The Bertz CT molecular complexity index is 427. The Labute approximate surface area is 88.7 Å². The number of hydrogen-bond donors (Lipinski definition) is 2. The van der Waals surface area contributed by atoms with E-state index >= 15 is 0 Å². The van der Waals surface area contributed by atoms with Crippen molar-refractivity contribution >= 4 is 5.91 Å². The lowest BCUT2D eigenvalue weighted by Crippen LogP contribution is -2.27. The van der Waals surface area contributed by atoms with Crippen LogP contribution in [0.15, 0.2) is 17.1 Å². The second-order valence-corrected chi connectivity index (χ2v) is 4.45. The zero-order chi connectivity index (χ0) is 11.6. The van der Waals surface area contributed by atoms with Crippen molar-refractivity contribution in [3.63, 3.8) is 0 Å². The standard InChI is InChI=1S/C11H16N2O2/c1-11(2,3)9-5-8(14)7(6-13-9)10(15)12-4/h5-6H,1-4H3,(H,12,15)(H,13,14). The molecule has 0 unspecified atom stereocenters. The molecule has 0 spiro atoms. The van der Waals surface area contributed by atoms with E-state index in [-0.39, 0.29) is 22.3 Å². The van der Waals surface area contributed by atoms with Gasteiger partial charge < -0.3 is 10.3 Å². The van der Waals surface area contributed by atoms with Crippen molar-refractivity contribution in [3.05, 3.63) is 33.7 Å². The van der Waals surface area contributed by atoms with Gasteiger partial charge in [-0.25, -0.2) is 0 Å². The largest absolute Gasteiger partial charge is 0.364 e. The molecule has 0 aliphatic rings. The van der Waals surface area contributed by atoms with Crippen molar-refractivity contribution in [2.24, 2.45) is 0 Å². The summed E-state index contributed by atoms with van der Waals surface area (Å²) in [4.78, 5) is 25.8. The van der Waals surface area contributed by atoms with Crippen LogP contribution in [-0.2, 0) is 5.41 Å². The van der Waals surface area contributed by atoms with Crippen molar-refractivity contribution in [1.82, 2.24) is 10.3 Å². The van der Waals surface area contributed by atoms with Crippen LogP contribution < -0.4 is 10.7 Å². The van der Waals surface area contributed by atoms with E-state index in [1.165, 1.54) is 19.3 Å². The lowest BCUT2D eigenvalue weighted by molar-refractivity contribution is 0.0961. The molecule has 4 nitrogen and oxygen atoms in total. The van der Waals surface area contributed by atoms with Gasteiger partial charge in [-0.3, -0.25) is 9.59 Å². The molecule has 0 radical (unpaired) electrons. The van der Waals surface area contributed by atoms with Gasteiger partial charge in [0, 0.05) is 30.4 Å². The van der Waals surface area contributed by atoms with Gasteiger partial charge in [0.25, 0.3) is 5.91 Å². The molecule has 0 bridgehead atoms. The zero-order valence-electron chi connectivity index (χ0n) is 9.47. The third-order valence-electron chi connectivity index (χ3n) is 2.19. The molecule has 15 heavy (non-hydrogen) atoms. The van der Waals surface area contributed by atoms with E-state index in [0.29, 0.717) is 0 Å². The van der Waals surface area contributed by atoms with E-state index in [9.17, 15) is 9.59 Å². The molecule has 0 fully saturated rings. The number of carbonyl (C=O) groups excluding carboxylic acids is 1. The van der Waals surface area contributed by atoms with E-state index in [4.69, 9.17) is 0 Å². The highest BCUT2D eigenvalue weighted by molar-refractivity contribution is 5.93. The predicted molar refractivity (Wildman–Crippen MR) is 59.2 cm³/mol. The molecule has 4 heteroatoms. The second-order valence-electron chi connectivity index (χ2n) is 4.45. The third kappa shape index (κ3) is 2.46. The maximum Gasteiger partial charge on any atom is 0.256 e. The lowest BCUT2D eigenvalue weighted by atomic mass is 9.91. The summed E-state index contributed by atoms with van der Waals surface area (Å²) in [5.41, 5.74) is 0.587. The van der Waals surface area contributed by atoms with Crippen molar-refractivity contribution in [1.29, 1.82) is 0 Å². The van der Waals surface area contributed by atoms with Crippen LogP contribution in [0.4, 0.5) is 0 Å². The number of hydrogen-bond acceptors (Lipinski definition) is 2. The van der Waals surface area contributed by atoms with Crippen LogP contribution in [0, 0.1) is 0 Å². The molecular formula is C11H16N2O2. The molecule has 0 aliphatic heterocycles. The van der Waals surface area contributed by atoms with E-state index in [2.05, 4.69) is 10.3 Å².